The summed E-state index contributed by atoms with van der Waals surface area (Å²) in [5, 5.41) is 0.117. The third-order valence-corrected chi connectivity index (χ3v) is 9.46. The van der Waals surface area contributed by atoms with E-state index < -0.39 is 14.1 Å². The summed E-state index contributed by atoms with van der Waals surface area (Å²) in [6.45, 7) is 16.8. The van der Waals surface area contributed by atoms with Crippen LogP contribution in [0.5, 0.6) is 0 Å². The molecule has 130 valence electrons. The van der Waals surface area contributed by atoms with Gasteiger partial charge in [-0.1, -0.05) is 34.6 Å². The molecule has 0 saturated carbocycles. The molecule has 2 aliphatic rings. The second-order valence-electron chi connectivity index (χ2n) is 8.86. The Labute approximate surface area is 141 Å². The highest BCUT2D eigenvalue weighted by atomic mass is 28.4. The molecule has 1 spiro atoms. The number of rotatable bonds is 3. The van der Waals surface area contributed by atoms with Crippen molar-refractivity contribution in [2.45, 2.75) is 58.5 Å². The zero-order valence-corrected chi connectivity index (χ0v) is 16.5. The molecule has 0 aromatic rings. The van der Waals surface area contributed by atoms with Gasteiger partial charge in [0.25, 0.3) is 0 Å². The molecule has 4 nitrogen and oxygen atoms in total. The second kappa shape index (κ2) is 5.95. The summed E-state index contributed by atoms with van der Waals surface area (Å²) in [5.74, 6) is -0.979. The summed E-state index contributed by atoms with van der Waals surface area (Å²) in [4.78, 5) is 11.8. The van der Waals surface area contributed by atoms with E-state index in [0.717, 1.165) is 5.57 Å². The van der Waals surface area contributed by atoms with E-state index in [2.05, 4.69) is 47.7 Å². The van der Waals surface area contributed by atoms with E-state index in [1.54, 1.807) is 12.2 Å². The summed E-state index contributed by atoms with van der Waals surface area (Å²) >= 11 is 0. The van der Waals surface area contributed by atoms with Crippen molar-refractivity contribution in [2.75, 3.05) is 19.8 Å². The van der Waals surface area contributed by atoms with Crippen LogP contribution in [0.15, 0.2) is 23.8 Å². The third-order valence-electron chi connectivity index (χ3n) is 4.98. The number of ketones is 1. The molecule has 0 N–H and O–H groups in total. The maximum absolute atomic E-state index is 11.8. The lowest BCUT2D eigenvalue weighted by molar-refractivity contribution is -0.253. The SMILES string of the molecule is CC1(C)COC2(C=CC(=O)C=C2CO[Si](C)(C)C(C)(C)C)OC1. The molecule has 0 unspecified atom stereocenters. The van der Waals surface area contributed by atoms with E-state index in [4.69, 9.17) is 13.9 Å². The topological polar surface area (TPSA) is 44.8 Å². The van der Waals surface area contributed by atoms with Gasteiger partial charge in [0.1, 0.15) is 0 Å². The molecule has 0 amide bonds. The normalized spacial score (nSPS) is 24.0. The van der Waals surface area contributed by atoms with Gasteiger partial charge in [-0.15, -0.1) is 0 Å². The molecule has 1 fully saturated rings. The largest absolute Gasteiger partial charge is 0.413 e. The molecule has 0 atom stereocenters. The van der Waals surface area contributed by atoms with Gasteiger partial charge in [-0.05, 0) is 36.4 Å². The number of allylic oxidation sites excluding steroid dienone is 2. The van der Waals surface area contributed by atoms with E-state index in [-0.39, 0.29) is 16.2 Å². The van der Waals surface area contributed by atoms with Crippen molar-refractivity contribution in [3.63, 3.8) is 0 Å². The van der Waals surface area contributed by atoms with E-state index in [9.17, 15) is 4.79 Å². The minimum atomic E-state index is -1.91. The molecule has 0 aromatic carbocycles. The lowest BCUT2D eigenvalue weighted by Crippen LogP contribution is -2.50. The van der Waals surface area contributed by atoms with Crippen LogP contribution < -0.4 is 0 Å². The van der Waals surface area contributed by atoms with Gasteiger partial charge in [0.05, 0.1) is 19.8 Å². The molecular weight excluding hydrogens is 308 g/mol. The molecule has 1 aliphatic heterocycles. The number of hydrogen-bond donors (Lipinski definition) is 0. The highest BCUT2D eigenvalue weighted by Crippen LogP contribution is 2.40. The summed E-state index contributed by atoms with van der Waals surface area (Å²) < 4.78 is 18.4. The average molecular weight is 339 g/mol. The van der Waals surface area contributed by atoms with E-state index in [0.29, 0.717) is 19.8 Å². The van der Waals surface area contributed by atoms with Crippen LogP contribution in [0.1, 0.15) is 34.6 Å². The minimum absolute atomic E-state index is 0.0219. The Morgan fingerprint density at radius 3 is 2.30 bits per heavy atom. The fourth-order valence-corrected chi connectivity index (χ4v) is 3.16. The van der Waals surface area contributed by atoms with Crippen molar-refractivity contribution < 1.29 is 18.7 Å². The molecular formula is C18H30O4Si. The summed E-state index contributed by atoms with van der Waals surface area (Å²) in [5.41, 5.74) is 0.747. The van der Waals surface area contributed by atoms with Crippen LogP contribution in [0.2, 0.25) is 18.1 Å². The van der Waals surface area contributed by atoms with Gasteiger partial charge in [-0.2, -0.15) is 0 Å². The molecule has 0 radical (unpaired) electrons. The molecule has 1 aliphatic carbocycles. The smallest absolute Gasteiger partial charge is 0.214 e. The van der Waals surface area contributed by atoms with Gasteiger partial charge in [-0.3, -0.25) is 4.79 Å². The Balaban J connectivity index is 2.16. The first kappa shape index (κ1) is 18.6. The standard InChI is InChI=1S/C18H30O4Si/c1-16(2,3)23(6,7)22-11-14-10-15(19)8-9-18(14)20-12-17(4,5)13-21-18/h8-10H,11-13H2,1-7H3. The van der Waals surface area contributed by atoms with Crippen LogP contribution in [-0.2, 0) is 18.7 Å². The van der Waals surface area contributed by atoms with Gasteiger partial charge in [0.2, 0.25) is 5.79 Å². The lowest BCUT2D eigenvalue weighted by atomic mass is 9.91. The Morgan fingerprint density at radius 1 is 1.22 bits per heavy atom. The van der Waals surface area contributed by atoms with Crippen molar-refractivity contribution >= 4 is 14.1 Å². The van der Waals surface area contributed by atoms with E-state index in [1.165, 1.54) is 6.08 Å². The molecule has 23 heavy (non-hydrogen) atoms. The van der Waals surface area contributed by atoms with Crippen molar-refractivity contribution in [3.05, 3.63) is 23.8 Å². The maximum Gasteiger partial charge on any atom is 0.214 e. The van der Waals surface area contributed by atoms with Crippen molar-refractivity contribution in [3.8, 4) is 0 Å². The zero-order chi connectivity index (χ0) is 17.5. The summed E-state index contributed by atoms with van der Waals surface area (Å²) in [6, 6.07) is 0. The molecule has 1 heterocycles. The fourth-order valence-electron chi connectivity index (χ4n) is 2.21. The van der Waals surface area contributed by atoms with Crippen LogP contribution in [0.25, 0.3) is 0 Å². The predicted octanol–water partition coefficient (Wildman–Crippen LogP) is 3.84. The molecule has 0 bridgehead atoms. The van der Waals surface area contributed by atoms with Crippen LogP contribution in [0, 0.1) is 5.41 Å². The summed E-state index contributed by atoms with van der Waals surface area (Å²) in [6.07, 6.45) is 4.86. The van der Waals surface area contributed by atoms with Crippen LogP contribution in [0.3, 0.4) is 0 Å². The van der Waals surface area contributed by atoms with Crippen molar-refractivity contribution in [1.29, 1.82) is 0 Å². The Kier molecular flexibility index (Phi) is 4.81. The second-order valence-corrected chi connectivity index (χ2v) is 13.7. The zero-order valence-electron chi connectivity index (χ0n) is 15.5. The van der Waals surface area contributed by atoms with Crippen LogP contribution in [0.4, 0.5) is 0 Å². The fraction of sp³-hybridized carbons (Fsp3) is 0.722. The highest BCUT2D eigenvalue weighted by Gasteiger charge is 2.45. The number of carbonyl (C=O) groups excluding carboxylic acids is 1. The van der Waals surface area contributed by atoms with Gasteiger partial charge >= 0.3 is 0 Å². The van der Waals surface area contributed by atoms with E-state index >= 15 is 0 Å². The van der Waals surface area contributed by atoms with Gasteiger partial charge < -0.3 is 13.9 Å². The molecule has 2 rings (SSSR count). The first-order valence-corrected chi connectivity index (χ1v) is 11.1. The van der Waals surface area contributed by atoms with Gasteiger partial charge in [0.15, 0.2) is 14.1 Å². The first-order valence-electron chi connectivity index (χ1n) is 8.23. The first-order chi connectivity index (χ1) is 10.4. The third kappa shape index (κ3) is 4.02. The van der Waals surface area contributed by atoms with Crippen LogP contribution >= 0.6 is 0 Å². The summed E-state index contributed by atoms with van der Waals surface area (Å²) in [7, 11) is -1.91. The van der Waals surface area contributed by atoms with Gasteiger partial charge in [-0.25, -0.2) is 0 Å². The Bertz CT molecular complexity index is 528. The number of ether oxygens (including phenoxy) is 2. The predicted molar refractivity (Wildman–Crippen MR) is 93.8 cm³/mol. The highest BCUT2D eigenvalue weighted by molar-refractivity contribution is 6.74. The average Bonchev–Trinajstić information content (AvgIpc) is 2.42. The molecule has 1 saturated heterocycles. The number of carbonyl (C=O) groups is 1. The van der Waals surface area contributed by atoms with Crippen molar-refractivity contribution in [1.82, 2.24) is 0 Å². The monoisotopic (exact) mass is 338 g/mol. The van der Waals surface area contributed by atoms with E-state index in [1.807, 2.05) is 0 Å². The quantitative estimate of drug-likeness (QED) is 0.733. The van der Waals surface area contributed by atoms with Crippen molar-refractivity contribution in [2.24, 2.45) is 5.41 Å². The molecule has 0 aromatic heterocycles. The Hall–Kier alpha value is -0.753. The Morgan fingerprint density at radius 2 is 1.78 bits per heavy atom. The number of hydrogen-bond acceptors (Lipinski definition) is 4. The lowest BCUT2D eigenvalue weighted by Gasteiger charge is -2.45. The van der Waals surface area contributed by atoms with Crippen LogP contribution in [-0.4, -0.2) is 39.7 Å². The molecule has 5 heteroatoms. The minimum Gasteiger partial charge on any atom is -0.413 e. The maximum atomic E-state index is 11.8. The van der Waals surface area contributed by atoms with Gasteiger partial charge in [0, 0.05) is 11.0 Å².